The van der Waals surface area contributed by atoms with E-state index in [1.54, 1.807) is 24.3 Å². The fourth-order valence-corrected chi connectivity index (χ4v) is 2.84. The fourth-order valence-electron chi connectivity index (χ4n) is 2.35. The van der Waals surface area contributed by atoms with E-state index in [0.29, 0.717) is 63.9 Å². The molecule has 0 aromatic heterocycles. The first-order valence-corrected chi connectivity index (χ1v) is 11.3. The number of carbonyl (C=O) groups is 1. The van der Waals surface area contributed by atoms with Crippen LogP contribution in [-0.4, -0.2) is 78.5 Å². The van der Waals surface area contributed by atoms with Crippen molar-refractivity contribution in [1.82, 2.24) is 10.7 Å². The topological polar surface area (TPSA) is 151 Å². The normalized spacial score (nSPS) is 15.9. The Morgan fingerprint density at radius 1 is 1.10 bits per heavy atom. The summed E-state index contributed by atoms with van der Waals surface area (Å²) in [5.41, 5.74) is 9.00. The maximum atomic E-state index is 12.2. The number of rotatable bonds is 13. The number of amides is 1. The first-order chi connectivity index (χ1) is 14.4. The van der Waals surface area contributed by atoms with E-state index in [1.165, 1.54) is 0 Å². The van der Waals surface area contributed by atoms with E-state index >= 15 is 0 Å². The van der Waals surface area contributed by atoms with Crippen LogP contribution in [0.5, 0.6) is 0 Å². The van der Waals surface area contributed by atoms with Gasteiger partial charge in [0.2, 0.25) is 16.1 Å². The molecule has 0 spiro atoms. The van der Waals surface area contributed by atoms with E-state index in [1.807, 2.05) is 0 Å². The van der Waals surface area contributed by atoms with Gasteiger partial charge in [-0.05, 0) is 12.1 Å². The monoisotopic (exact) mass is 444 g/mol. The second-order valence-corrected chi connectivity index (χ2v) is 8.17. The first-order valence-electron chi connectivity index (χ1n) is 9.43. The van der Waals surface area contributed by atoms with Gasteiger partial charge in [-0.2, -0.15) is 0 Å². The molecule has 1 aliphatic heterocycles. The van der Waals surface area contributed by atoms with Gasteiger partial charge >= 0.3 is 5.23 Å². The first kappa shape index (κ1) is 24.0. The largest absolute Gasteiger partial charge is 0.439 e. The predicted octanol–water partition coefficient (Wildman–Crippen LogP) is -0.641. The minimum Gasteiger partial charge on any atom is -0.439 e. The molecule has 0 radical (unpaired) electrons. The second kappa shape index (κ2) is 12.4. The zero-order valence-corrected chi connectivity index (χ0v) is 17.7. The van der Waals surface area contributed by atoms with Gasteiger partial charge in [-0.1, -0.05) is 12.1 Å². The maximum Gasteiger partial charge on any atom is 0.328 e. The number of nitrogens with one attached hydrogen (secondary N) is 2. The summed E-state index contributed by atoms with van der Waals surface area (Å²) >= 11 is 0. The van der Waals surface area contributed by atoms with Crippen molar-refractivity contribution in [2.24, 2.45) is 10.8 Å². The summed E-state index contributed by atoms with van der Waals surface area (Å²) in [5, 5.41) is 6.05. The van der Waals surface area contributed by atoms with Gasteiger partial charge in [0, 0.05) is 30.5 Å². The second-order valence-electron chi connectivity index (χ2n) is 6.28. The quantitative estimate of drug-likeness (QED) is 0.337. The van der Waals surface area contributed by atoms with Crippen molar-refractivity contribution in [2.75, 3.05) is 59.0 Å². The highest BCUT2D eigenvalue weighted by Gasteiger charge is 2.27. The van der Waals surface area contributed by atoms with Crippen LogP contribution in [0.25, 0.3) is 0 Å². The van der Waals surface area contributed by atoms with Gasteiger partial charge in [0.1, 0.15) is 0 Å². The van der Waals surface area contributed by atoms with Gasteiger partial charge in [-0.3, -0.25) is 10.2 Å². The molecular weight excluding hydrogens is 416 g/mol. The molecule has 0 fully saturated rings. The standard InChI is InChI=1S/C18H28N4O7S/c1-30(24,25)18-22-21-17(29-18)15-4-2-14(3-5-15)16(23)20-7-9-27-11-13-28-12-10-26-8-6-19/h2-5,17,21H,6-13,19H2,1H3,(H,20,23). The van der Waals surface area contributed by atoms with Gasteiger partial charge in [-0.15, -0.1) is 5.10 Å². The average molecular weight is 445 g/mol. The molecule has 1 amide bonds. The molecule has 11 nitrogen and oxygen atoms in total. The lowest BCUT2D eigenvalue weighted by Crippen LogP contribution is -2.27. The fraction of sp³-hybridized carbons (Fsp3) is 0.556. The van der Waals surface area contributed by atoms with E-state index in [-0.39, 0.29) is 11.1 Å². The Bertz CT molecular complexity index is 799. The Balaban J connectivity index is 1.59. The Morgan fingerprint density at radius 2 is 1.70 bits per heavy atom. The van der Waals surface area contributed by atoms with Crippen molar-refractivity contribution in [1.29, 1.82) is 0 Å². The summed E-state index contributed by atoms with van der Waals surface area (Å²) in [7, 11) is -3.52. The molecule has 0 saturated heterocycles. The van der Waals surface area contributed by atoms with Crippen LogP contribution in [-0.2, 0) is 28.8 Å². The molecule has 4 N–H and O–H groups in total. The third kappa shape index (κ3) is 8.24. The number of hydrazone groups is 1. The number of benzene rings is 1. The van der Waals surface area contributed by atoms with Crippen LogP contribution in [0.2, 0.25) is 0 Å². The average Bonchev–Trinajstić information content (AvgIpc) is 3.23. The van der Waals surface area contributed by atoms with Crippen LogP contribution in [0.15, 0.2) is 29.4 Å². The Hall–Kier alpha value is -2.25. The third-order valence-electron chi connectivity index (χ3n) is 3.82. The molecule has 1 unspecified atom stereocenters. The molecule has 1 aromatic rings. The summed E-state index contributed by atoms with van der Waals surface area (Å²) in [5.74, 6) is -0.244. The third-order valence-corrected chi connectivity index (χ3v) is 4.64. The van der Waals surface area contributed by atoms with Gasteiger partial charge < -0.3 is 30.0 Å². The number of hydrogen-bond donors (Lipinski definition) is 3. The number of carbonyl (C=O) groups excluding carboxylic acids is 1. The molecule has 0 bridgehead atoms. The Kier molecular flexibility index (Phi) is 9.97. The Morgan fingerprint density at radius 3 is 2.27 bits per heavy atom. The molecule has 168 valence electrons. The van der Waals surface area contributed by atoms with E-state index in [2.05, 4.69) is 15.8 Å². The van der Waals surface area contributed by atoms with Crippen LogP contribution in [0.1, 0.15) is 22.1 Å². The predicted molar refractivity (Wildman–Crippen MR) is 110 cm³/mol. The number of hydrogen-bond acceptors (Lipinski definition) is 10. The lowest BCUT2D eigenvalue weighted by atomic mass is 10.1. The molecule has 1 aromatic carbocycles. The van der Waals surface area contributed by atoms with Gasteiger partial charge in [0.25, 0.3) is 5.91 Å². The summed E-state index contributed by atoms with van der Waals surface area (Å²) in [4.78, 5) is 12.2. The lowest BCUT2D eigenvalue weighted by Gasteiger charge is -2.12. The number of sulfone groups is 1. The smallest absolute Gasteiger partial charge is 0.328 e. The molecule has 0 aliphatic carbocycles. The zero-order chi connectivity index (χ0) is 21.8. The molecule has 30 heavy (non-hydrogen) atoms. The molecule has 2 rings (SSSR count). The van der Waals surface area contributed by atoms with Crippen molar-refractivity contribution in [2.45, 2.75) is 6.23 Å². The van der Waals surface area contributed by atoms with Crippen LogP contribution in [0.4, 0.5) is 0 Å². The summed E-state index contributed by atoms with van der Waals surface area (Å²) in [6.45, 7) is 3.59. The van der Waals surface area contributed by atoms with E-state index in [0.717, 1.165) is 6.26 Å². The Labute approximate surface area is 175 Å². The maximum absolute atomic E-state index is 12.2. The van der Waals surface area contributed by atoms with E-state index < -0.39 is 16.1 Å². The SMILES string of the molecule is CS(=O)(=O)C1=NNC(c2ccc(C(=O)NCCOCCOCCOCCN)cc2)O1. The van der Waals surface area contributed by atoms with Crippen LogP contribution in [0.3, 0.4) is 0 Å². The minimum atomic E-state index is -3.52. The van der Waals surface area contributed by atoms with Crippen molar-refractivity contribution in [3.05, 3.63) is 35.4 Å². The molecule has 1 atom stereocenters. The number of ether oxygens (including phenoxy) is 4. The lowest BCUT2D eigenvalue weighted by molar-refractivity contribution is 0.0166. The summed E-state index contributed by atoms with van der Waals surface area (Å²) < 4.78 is 44.0. The van der Waals surface area contributed by atoms with Crippen molar-refractivity contribution in [3.8, 4) is 0 Å². The molecule has 1 aliphatic rings. The highest BCUT2D eigenvalue weighted by molar-refractivity contribution is 8.05. The summed E-state index contributed by atoms with van der Waals surface area (Å²) in [6.07, 6.45) is 0.300. The van der Waals surface area contributed by atoms with Crippen molar-refractivity contribution in [3.63, 3.8) is 0 Å². The van der Waals surface area contributed by atoms with Crippen LogP contribution in [0, 0.1) is 0 Å². The van der Waals surface area contributed by atoms with Crippen molar-refractivity contribution < 1.29 is 32.2 Å². The van der Waals surface area contributed by atoms with Crippen LogP contribution >= 0.6 is 0 Å². The minimum absolute atomic E-state index is 0.244. The van der Waals surface area contributed by atoms with Crippen LogP contribution < -0.4 is 16.5 Å². The highest BCUT2D eigenvalue weighted by atomic mass is 32.2. The number of nitrogens with two attached hydrogens (primary N) is 1. The van der Waals surface area contributed by atoms with Gasteiger partial charge in [0.05, 0.1) is 39.6 Å². The molecule has 12 heteroatoms. The van der Waals surface area contributed by atoms with E-state index in [4.69, 9.17) is 24.7 Å². The van der Waals surface area contributed by atoms with Gasteiger partial charge in [0.15, 0.2) is 0 Å². The zero-order valence-electron chi connectivity index (χ0n) is 16.8. The van der Waals surface area contributed by atoms with Crippen molar-refractivity contribution >= 4 is 21.0 Å². The molecule has 1 heterocycles. The van der Waals surface area contributed by atoms with Gasteiger partial charge in [-0.25, -0.2) is 8.42 Å². The molecular formula is C18H28N4O7S. The summed E-state index contributed by atoms with van der Waals surface area (Å²) in [6, 6.07) is 6.57. The highest BCUT2D eigenvalue weighted by Crippen LogP contribution is 2.20. The van der Waals surface area contributed by atoms with E-state index in [9.17, 15) is 13.2 Å². The molecule has 0 saturated carbocycles. The number of nitrogens with zero attached hydrogens (tertiary/aromatic N) is 1.